The number of halogens is 3. The van der Waals surface area contributed by atoms with E-state index >= 15 is 0 Å². The van der Waals surface area contributed by atoms with Gasteiger partial charge in [-0.15, -0.1) is 0 Å². The van der Waals surface area contributed by atoms with Crippen LogP contribution in [0.3, 0.4) is 0 Å². The summed E-state index contributed by atoms with van der Waals surface area (Å²) >= 11 is 0. The Morgan fingerprint density at radius 2 is 1.53 bits per heavy atom. The molecular formula is C12H26F3NO2S. The van der Waals surface area contributed by atoms with Crippen molar-refractivity contribution in [2.24, 2.45) is 5.41 Å². The standard InChI is InChI=1S/C12H25F2NO2S.FH/c1-6-8-15(9-7-11(2,3)4)18(16,17)10-12(5,13)14;/h6-10H2,1-5H3;1H. The van der Waals surface area contributed by atoms with Crippen molar-refractivity contribution in [1.82, 2.24) is 4.31 Å². The number of hydrogen-bond acceptors (Lipinski definition) is 2. The van der Waals surface area contributed by atoms with Crippen molar-refractivity contribution in [1.29, 1.82) is 0 Å². The summed E-state index contributed by atoms with van der Waals surface area (Å²) in [6.07, 6.45) is 1.28. The molecule has 118 valence electrons. The third-order valence-electron chi connectivity index (χ3n) is 2.41. The van der Waals surface area contributed by atoms with E-state index in [-0.39, 0.29) is 10.1 Å². The third kappa shape index (κ3) is 10.2. The van der Waals surface area contributed by atoms with Gasteiger partial charge in [-0.05, 0) is 18.3 Å². The monoisotopic (exact) mass is 305 g/mol. The van der Waals surface area contributed by atoms with Crippen LogP contribution in [-0.4, -0.2) is 37.5 Å². The van der Waals surface area contributed by atoms with E-state index in [0.29, 0.717) is 32.9 Å². The van der Waals surface area contributed by atoms with Crippen LogP contribution in [0.4, 0.5) is 13.5 Å². The lowest BCUT2D eigenvalue weighted by atomic mass is 9.92. The molecule has 0 spiro atoms. The number of nitrogens with zero attached hydrogens (tertiary/aromatic N) is 1. The minimum atomic E-state index is -3.88. The van der Waals surface area contributed by atoms with Crippen LogP contribution in [0.2, 0.25) is 0 Å². The van der Waals surface area contributed by atoms with Gasteiger partial charge in [-0.3, -0.25) is 4.70 Å². The van der Waals surface area contributed by atoms with Gasteiger partial charge in [0, 0.05) is 20.0 Å². The highest BCUT2D eigenvalue weighted by Gasteiger charge is 2.34. The number of alkyl halides is 2. The van der Waals surface area contributed by atoms with Gasteiger partial charge >= 0.3 is 0 Å². The molecule has 0 radical (unpaired) electrons. The normalized spacial score (nSPS) is 13.5. The van der Waals surface area contributed by atoms with E-state index in [1.54, 1.807) is 0 Å². The van der Waals surface area contributed by atoms with Crippen molar-refractivity contribution >= 4 is 10.0 Å². The molecule has 0 aliphatic carbocycles. The van der Waals surface area contributed by atoms with E-state index in [1.807, 2.05) is 27.7 Å². The van der Waals surface area contributed by atoms with Crippen LogP contribution in [0.25, 0.3) is 0 Å². The summed E-state index contributed by atoms with van der Waals surface area (Å²) in [5.41, 5.74) is -0.0176. The SMILES string of the molecule is CCCN(CCC(C)(C)C)S(=O)(=O)CC(C)(F)F.F. The van der Waals surface area contributed by atoms with E-state index in [0.717, 1.165) is 0 Å². The molecule has 0 atom stereocenters. The smallest absolute Gasteiger partial charge is 0.260 e. The van der Waals surface area contributed by atoms with E-state index in [2.05, 4.69) is 0 Å². The minimum absolute atomic E-state index is 0. The third-order valence-corrected chi connectivity index (χ3v) is 4.44. The second-order valence-corrected chi connectivity index (χ2v) is 8.01. The quantitative estimate of drug-likeness (QED) is 0.724. The maximum absolute atomic E-state index is 12.9. The van der Waals surface area contributed by atoms with Gasteiger partial charge in [-0.1, -0.05) is 27.7 Å². The van der Waals surface area contributed by atoms with Crippen LogP contribution in [0, 0.1) is 5.41 Å². The first-order chi connectivity index (χ1) is 7.87. The fourth-order valence-corrected chi connectivity index (χ4v) is 3.16. The zero-order valence-electron chi connectivity index (χ0n) is 12.4. The first-order valence-corrected chi connectivity index (χ1v) is 7.84. The molecule has 0 aromatic carbocycles. The summed E-state index contributed by atoms with van der Waals surface area (Å²) in [6.45, 7) is 9.07. The molecule has 7 heteroatoms. The second kappa shape index (κ2) is 7.47. The maximum Gasteiger partial charge on any atom is 0.260 e. The summed E-state index contributed by atoms with van der Waals surface area (Å²) < 4.78 is 50.8. The Kier molecular flexibility index (Phi) is 8.26. The first kappa shape index (κ1) is 21.0. The Hall–Kier alpha value is -0.300. The van der Waals surface area contributed by atoms with Gasteiger partial charge in [-0.2, -0.15) is 0 Å². The first-order valence-electron chi connectivity index (χ1n) is 6.23. The summed E-state index contributed by atoms with van der Waals surface area (Å²) in [5, 5.41) is 0. The van der Waals surface area contributed by atoms with Gasteiger partial charge in [-0.25, -0.2) is 21.5 Å². The zero-order valence-corrected chi connectivity index (χ0v) is 13.2. The van der Waals surface area contributed by atoms with E-state index in [9.17, 15) is 17.2 Å². The Morgan fingerprint density at radius 3 is 1.84 bits per heavy atom. The fourth-order valence-electron chi connectivity index (χ4n) is 1.51. The molecule has 0 aromatic rings. The van der Waals surface area contributed by atoms with Gasteiger partial charge in [0.15, 0.2) is 0 Å². The van der Waals surface area contributed by atoms with Crippen LogP contribution in [0.1, 0.15) is 47.5 Å². The van der Waals surface area contributed by atoms with Crippen molar-refractivity contribution in [3.8, 4) is 0 Å². The van der Waals surface area contributed by atoms with Crippen LogP contribution in [-0.2, 0) is 10.0 Å². The molecule has 0 aliphatic rings. The van der Waals surface area contributed by atoms with Gasteiger partial charge in [0.2, 0.25) is 10.0 Å². The molecule has 3 nitrogen and oxygen atoms in total. The van der Waals surface area contributed by atoms with Crippen LogP contribution in [0.5, 0.6) is 0 Å². The van der Waals surface area contributed by atoms with E-state index in [1.165, 1.54) is 4.31 Å². The van der Waals surface area contributed by atoms with Crippen LogP contribution in [0.15, 0.2) is 0 Å². The predicted molar refractivity (Wildman–Crippen MR) is 72.8 cm³/mol. The number of hydrogen-bond donors (Lipinski definition) is 0. The molecule has 0 heterocycles. The summed E-state index contributed by atoms with van der Waals surface area (Å²) in [5.74, 6) is -4.29. The van der Waals surface area contributed by atoms with E-state index < -0.39 is 21.7 Å². The summed E-state index contributed by atoms with van der Waals surface area (Å²) in [7, 11) is -3.88. The van der Waals surface area contributed by atoms with Crippen LogP contribution < -0.4 is 0 Å². The Bertz CT molecular complexity index is 345. The van der Waals surface area contributed by atoms with Crippen molar-refractivity contribution in [3.05, 3.63) is 0 Å². The molecule has 0 saturated carbocycles. The molecule has 0 fully saturated rings. The summed E-state index contributed by atoms with van der Waals surface area (Å²) in [6, 6.07) is 0. The molecule has 0 amide bonds. The predicted octanol–water partition coefficient (Wildman–Crippen LogP) is 3.27. The average Bonchev–Trinajstić information content (AvgIpc) is 2.05. The molecule has 0 aromatic heterocycles. The Balaban J connectivity index is 0. The Morgan fingerprint density at radius 1 is 1.05 bits per heavy atom. The topological polar surface area (TPSA) is 37.4 Å². The lowest BCUT2D eigenvalue weighted by Gasteiger charge is -2.27. The zero-order chi connectivity index (χ0) is 14.6. The minimum Gasteiger partial charge on any atom is -0.269 e. The van der Waals surface area contributed by atoms with Gasteiger partial charge in [0.05, 0.1) is 0 Å². The van der Waals surface area contributed by atoms with E-state index in [4.69, 9.17) is 0 Å². The maximum atomic E-state index is 12.9. The van der Waals surface area contributed by atoms with Crippen molar-refractivity contribution in [3.63, 3.8) is 0 Å². The number of rotatable bonds is 7. The van der Waals surface area contributed by atoms with Crippen molar-refractivity contribution in [2.75, 3.05) is 18.8 Å². The van der Waals surface area contributed by atoms with Crippen LogP contribution >= 0.6 is 0 Å². The highest BCUT2D eigenvalue weighted by molar-refractivity contribution is 7.89. The molecule has 0 rings (SSSR count). The molecule has 0 bridgehead atoms. The molecule has 0 saturated heterocycles. The Labute approximate surface area is 114 Å². The van der Waals surface area contributed by atoms with Gasteiger partial charge in [0.1, 0.15) is 5.75 Å². The largest absolute Gasteiger partial charge is 0.269 e. The second-order valence-electron chi connectivity index (χ2n) is 6.04. The molecule has 0 N–H and O–H groups in total. The van der Waals surface area contributed by atoms with Crippen molar-refractivity contribution in [2.45, 2.75) is 53.4 Å². The highest BCUT2D eigenvalue weighted by Crippen LogP contribution is 2.22. The lowest BCUT2D eigenvalue weighted by Crippen LogP contribution is -2.40. The molecule has 0 unspecified atom stereocenters. The lowest BCUT2D eigenvalue weighted by molar-refractivity contribution is 0.0460. The molecule has 19 heavy (non-hydrogen) atoms. The molecular weight excluding hydrogens is 279 g/mol. The van der Waals surface area contributed by atoms with Gasteiger partial charge in [0.25, 0.3) is 5.92 Å². The fraction of sp³-hybridized carbons (Fsp3) is 1.00. The number of sulfonamides is 1. The highest BCUT2D eigenvalue weighted by atomic mass is 32.2. The van der Waals surface area contributed by atoms with Gasteiger partial charge < -0.3 is 0 Å². The average molecular weight is 305 g/mol. The summed E-state index contributed by atoms with van der Waals surface area (Å²) in [4.78, 5) is 0. The molecule has 0 aliphatic heterocycles. The van der Waals surface area contributed by atoms with Crippen molar-refractivity contribution < 1.29 is 21.9 Å².